The van der Waals surface area contributed by atoms with Crippen molar-refractivity contribution in [3.63, 3.8) is 0 Å². The van der Waals surface area contributed by atoms with Crippen LogP contribution in [-0.4, -0.2) is 49.0 Å². The van der Waals surface area contributed by atoms with Gasteiger partial charge in [-0.3, -0.25) is 9.89 Å². The van der Waals surface area contributed by atoms with Crippen LogP contribution in [0.1, 0.15) is 35.2 Å². The second-order valence-corrected chi connectivity index (χ2v) is 8.70. The van der Waals surface area contributed by atoms with Crippen molar-refractivity contribution in [1.29, 1.82) is 0 Å². The first-order chi connectivity index (χ1) is 16.7. The summed E-state index contributed by atoms with van der Waals surface area (Å²) in [6.45, 7) is 6.11. The van der Waals surface area contributed by atoms with Gasteiger partial charge in [0.25, 0.3) is 5.91 Å². The molecule has 3 aromatic carbocycles. The zero-order valence-electron chi connectivity index (χ0n) is 19.5. The van der Waals surface area contributed by atoms with Crippen molar-refractivity contribution in [2.45, 2.75) is 19.3 Å². The molecular formula is C28H30N4O2. The predicted molar refractivity (Wildman–Crippen MR) is 136 cm³/mol. The number of rotatable bonds is 7. The van der Waals surface area contributed by atoms with E-state index in [1.165, 1.54) is 11.3 Å². The molecule has 4 aromatic rings. The van der Waals surface area contributed by atoms with E-state index in [4.69, 9.17) is 4.74 Å². The van der Waals surface area contributed by atoms with Gasteiger partial charge in [-0.2, -0.15) is 5.10 Å². The summed E-state index contributed by atoms with van der Waals surface area (Å²) in [6.07, 6.45) is 0.968. The molecule has 1 saturated heterocycles. The Bertz CT molecular complexity index is 1240. The Balaban J connectivity index is 1.33. The number of anilines is 1. The highest BCUT2D eigenvalue weighted by Crippen LogP contribution is 2.29. The number of carbonyl (C=O) groups is 1. The standard InChI is InChI=1S/C28H30N4O2/c1-2-20(21-6-4-3-5-7-21)19-29-28(33)23-10-13-26-25(18-23)27(31-30-26)22-8-11-24(12-9-22)32-14-16-34-17-15-32/h3-13,18,20H,2,14-17,19H2,1H3,(H,29,33)(H,30,31). The number of nitrogens with zero attached hydrogens (tertiary/aromatic N) is 2. The van der Waals surface area contributed by atoms with Crippen molar-refractivity contribution in [3.8, 4) is 11.3 Å². The van der Waals surface area contributed by atoms with Crippen LogP contribution in [0.4, 0.5) is 5.69 Å². The van der Waals surface area contributed by atoms with Gasteiger partial charge in [-0.05, 0) is 42.3 Å². The van der Waals surface area contributed by atoms with Crippen molar-refractivity contribution in [3.05, 3.63) is 83.9 Å². The van der Waals surface area contributed by atoms with Gasteiger partial charge in [0, 0.05) is 47.8 Å². The number of hydrogen-bond donors (Lipinski definition) is 2. The number of fused-ring (bicyclic) bond motifs is 1. The molecule has 1 aliphatic heterocycles. The SMILES string of the molecule is CCC(CNC(=O)c1ccc2[nH]nc(-c3ccc(N4CCOCC4)cc3)c2c1)c1ccccc1. The first-order valence-corrected chi connectivity index (χ1v) is 12.0. The number of amides is 1. The van der Waals surface area contributed by atoms with Crippen molar-refractivity contribution in [2.24, 2.45) is 0 Å². The highest BCUT2D eigenvalue weighted by atomic mass is 16.5. The highest BCUT2D eigenvalue weighted by Gasteiger charge is 2.16. The fourth-order valence-electron chi connectivity index (χ4n) is 4.57. The van der Waals surface area contributed by atoms with Crippen LogP contribution >= 0.6 is 0 Å². The van der Waals surface area contributed by atoms with E-state index in [2.05, 4.69) is 63.7 Å². The largest absolute Gasteiger partial charge is 0.378 e. The normalized spacial score (nSPS) is 14.8. The van der Waals surface area contributed by atoms with Crippen LogP contribution < -0.4 is 10.2 Å². The first kappa shape index (κ1) is 22.2. The quantitative estimate of drug-likeness (QED) is 0.413. The number of hydrogen-bond acceptors (Lipinski definition) is 4. The lowest BCUT2D eigenvalue weighted by Gasteiger charge is -2.28. The van der Waals surface area contributed by atoms with E-state index in [1.807, 2.05) is 36.4 Å². The molecule has 0 saturated carbocycles. The van der Waals surface area contributed by atoms with Crippen molar-refractivity contribution in [2.75, 3.05) is 37.7 Å². The van der Waals surface area contributed by atoms with Crippen LogP contribution in [0, 0.1) is 0 Å². The summed E-state index contributed by atoms with van der Waals surface area (Å²) in [7, 11) is 0. The molecule has 1 aromatic heterocycles. The maximum absolute atomic E-state index is 13.0. The number of aromatic amines is 1. The van der Waals surface area contributed by atoms with Gasteiger partial charge >= 0.3 is 0 Å². The van der Waals surface area contributed by atoms with Crippen LogP contribution in [0.3, 0.4) is 0 Å². The number of carbonyl (C=O) groups excluding carboxylic acids is 1. The Morgan fingerprint density at radius 3 is 2.56 bits per heavy atom. The van der Waals surface area contributed by atoms with Gasteiger partial charge < -0.3 is 15.0 Å². The Morgan fingerprint density at radius 2 is 1.82 bits per heavy atom. The third-order valence-corrected chi connectivity index (χ3v) is 6.61. The van der Waals surface area contributed by atoms with Crippen LogP contribution in [0.2, 0.25) is 0 Å². The number of H-pyrrole nitrogens is 1. The molecule has 174 valence electrons. The van der Waals surface area contributed by atoms with Gasteiger partial charge in [0.05, 0.1) is 24.4 Å². The molecule has 34 heavy (non-hydrogen) atoms. The summed E-state index contributed by atoms with van der Waals surface area (Å²) in [5.74, 6) is 0.231. The molecule has 0 aliphatic carbocycles. The molecule has 2 N–H and O–H groups in total. The minimum Gasteiger partial charge on any atom is -0.378 e. The second kappa shape index (κ2) is 10.1. The summed E-state index contributed by atoms with van der Waals surface area (Å²) in [4.78, 5) is 15.3. The summed E-state index contributed by atoms with van der Waals surface area (Å²) in [5, 5.41) is 11.7. The number of nitrogens with one attached hydrogen (secondary N) is 2. The first-order valence-electron chi connectivity index (χ1n) is 12.0. The zero-order valence-corrected chi connectivity index (χ0v) is 19.5. The van der Waals surface area contributed by atoms with E-state index < -0.39 is 0 Å². The Kier molecular flexibility index (Phi) is 6.58. The maximum Gasteiger partial charge on any atom is 0.251 e. The molecule has 1 aliphatic rings. The number of morpholine rings is 1. The van der Waals surface area contributed by atoms with Gasteiger partial charge in [-0.1, -0.05) is 49.4 Å². The second-order valence-electron chi connectivity index (χ2n) is 8.70. The summed E-state index contributed by atoms with van der Waals surface area (Å²) < 4.78 is 5.45. The lowest BCUT2D eigenvalue weighted by molar-refractivity contribution is 0.0951. The van der Waals surface area contributed by atoms with Gasteiger partial charge in [0.2, 0.25) is 0 Å². The number of aromatic nitrogens is 2. The third kappa shape index (κ3) is 4.68. The zero-order chi connectivity index (χ0) is 23.3. The van der Waals surface area contributed by atoms with E-state index in [1.54, 1.807) is 0 Å². The molecule has 5 rings (SSSR count). The Morgan fingerprint density at radius 1 is 1.06 bits per heavy atom. The van der Waals surface area contributed by atoms with Crippen molar-refractivity contribution < 1.29 is 9.53 Å². The number of ether oxygens (including phenoxy) is 1. The Labute approximate surface area is 199 Å². The summed E-state index contributed by atoms with van der Waals surface area (Å²) >= 11 is 0. The van der Waals surface area contributed by atoms with Crippen molar-refractivity contribution in [1.82, 2.24) is 15.5 Å². The molecule has 1 amide bonds. The highest BCUT2D eigenvalue weighted by molar-refractivity contribution is 6.01. The molecule has 0 bridgehead atoms. The van der Waals surface area contributed by atoms with Gasteiger partial charge in [-0.25, -0.2) is 0 Å². The maximum atomic E-state index is 13.0. The third-order valence-electron chi connectivity index (χ3n) is 6.61. The average Bonchev–Trinajstić information content (AvgIpc) is 3.33. The van der Waals surface area contributed by atoms with Crippen LogP contribution in [0.5, 0.6) is 0 Å². The molecule has 1 fully saturated rings. The van der Waals surface area contributed by atoms with Crippen molar-refractivity contribution >= 4 is 22.5 Å². The molecule has 0 spiro atoms. The van der Waals surface area contributed by atoms with E-state index in [0.29, 0.717) is 18.0 Å². The summed E-state index contributed by atoms with van der Waals surface area (Å²) in [6, 6.07) is 24.5. The fraction of sp³-hybridized carbons (Fsp3) is 0.286. The van der Waals surface area contributed by atoms with E-state index in [0.717, 1.165) is 54.9 Å². The molecule has 0 radical (unpaired) electrons. The minimum absolute atomic E-state index is 0.0638. The molecule has 6 heteroatoms. The fourth-order valence-corrected chi connectivity index (χ4v) is 4.57. The molecule has 1 unspecified atom stereocenters. The lowest BCUT2D eigenvalue weighted by atomic mass is 9.96. The minimum atomic E-state index is -0.0638. The summed E-state index contributed by atoms with van der Waals surface area (Å²) in [5.41, 5.74) is 5.88. The van der Waals surface area contributed by atoms with Crippen LogP contribution in [0.15, 0.2) is 72.8 Å². The van der Waals surface area contributed by atoms with Crippen LogP contribution in [0.25, 0.3) is 22.2 Å². The lowest BCUT2D eigenvalue weighted by Crippen LogP contribution is -2.36. The Hall–Kier alpha value is -3.64. The molecular weight excluding hydrogens is 424 g/mol. The van der Waals surface area contributed by atoms with E-state index in [9.17, 15) is 4.79 Å². The molecule has 6 nitrogen and oxygen atoms in total. The van der Waals surface area contributed by atoms with E-state index in [-0.39, 0.29) is 5.91 Å². The van der Waals surface area contributed by atoms with Gasteiger partial charge in [0.1, 0.15) is 0 Å². The van der Waals surface area contributed by atoms with Gasteiger partial charge in [0.15, 0.2) is 0 Å². The topological polar surface area (TPSA) is 70.2 Å². The molecule has 1 atom stereocenters. The van der Waals surface area contributed by atoms with E-state index >= 15 is 0 Å². The molecule has 2 heterocycles. The van der Waals surface area contributed by atoms with Crippen LogP contribution in [-0.2, 0) is 4.74 Å². The smallest absolute Gasteiger partial charge is 0.251 e. The van der Waals surface area contributed by atoms with Gasteiger partial charge in [-0.15, -0.1) is 0 Å². The monoisotopic (exact) mass is 454 g/mol. The predicted octanol–water partition coefficient (Wildman–Crippen LogP) is 4.99. The average molecular weight is 455 g/mol. The number of benzene rings is 3.